The summed E-state index contributed by atoms with van der Waals surface area (Å²) in [5.74, 6) is 0.0783. The van der Waals surface area contributed by atoms with Crippen LogP contribution in [0.4, 0.5) is 0 Å². The van der Waals surface area contributed by atoms with Crippen LogP contribution in [0.15, 0.2) is 18.3 Å². The number of aryl methyl sites for hydroxylation is 1. The molecule has 2 heterocycles. The molecule has 2 aromatic rings. The molecular weight excluding hydrogens is 228 g/mol. The van der Waals surface area contributed by atoms with Crippen LogP contribution in [-0.2, 0) is 4.74 Å². The number of carbonyl (C=O) groups excluding carboxylic acids is 1. The number of aromatic nitrogens is 2. The van der Waals surface area contributed by atoms with Crippen molar-refractivity contribution in [1.29, 1.82) is 0 Å². The largest absolute Gasteiger partial charge is 0.461 e. The van der Waals surface area contributed by atoms with Crippen molar-refractivity contribution >= 4 is 11.6 Å². The number of hydrogen-bond donors (Lipinski definition) is 0. The van der Waals surface area contributed by atoms with Crippen LogP contribution in [0.25, 0.3) is 5.65 Å². The molecule has 0 fully saturated rings. The first-order valence-electron chi connectivity index (χ1n) is 6.20. The van der Waals surface area contributed by atoms with Crippen molar-refractivity contribution < 1.29 is 9.53 Å². The number of imidazole rings is 1. The van der Waals surface area contributed by atoms with Crippen molar-refractivity contribution in [2.45, 2.75) is 33.6 Å². The fraction of sp³-hybridized carbons (Fsp3) is 0.429. The summed E-state index contributed by atoms with van der Waals surface area (Å²) < 4.78 is 6.91. The second-order valence-electron chi connectivity index (χ2n) is 4.60. The van der Waals surface area contributed by atoms with Crippen molar-refractivity contribution in [2.75, 3.05) is 6.61 Å². The van der Waals surface area contributed by atoms with Crippen LogP contribution in [0, 0.1) is 6.92 Å². The van der Waals surface area contributed by atoms with E-state index in [9.17, 15) is 4.79 Å². The van der Waals surface area contributed by atoms with Crippen molar-refractivity contribution in [1.82, 2.24) is 9.38 Å². The zero-order chi connectivity index (χ0) is 13.3. The highest BCUT2D eigenvalue weighted by Crippen LogP contribution is 2.21. The number of esters is 1. The molecule has 2 rings (SSSR count). The maximum atomic E-state index is 11.6. The van der Waals surface area contributed by atoms with E-state index < -0.39 is 0 Å². The standard InChI is InChI=1S/C14H18N2O2/c1-5-18-14(17)12-8-16-10(4)11(9(2)3)6-7-13(16)15-12/h6-9H,5H2,1-4H3. The summed E-state index contributed by atoms with van der Waals surface area (Å²) in [5.41, 5.74) is 3.52. The van der Waals surface area contributed by atoms with Gasteiger partial charge in [0.15, 0.2) is 5.69 Å². The van der Waals surface area contributed by atoms with Crippen LogP contribution in [0.2, 0.25) is 0 Å². The zero-order valence-corrected chi connectivity index (χ0v) is 11.2. The molecule has 0 spiro atoms. The van der Waals surface area contributed by atoms with E-state index in [1.165, 1.54) is 5.56 Å². The fourth-order valence-corrected chi connectivity index (χ4v) is 2.12. The lowest BCUT2D eigenvalue weighted by atomic mass is 10.0. The number of pyridine rings is 1. The van der Waals surface area contributed by atoms with Crippen molar-refractivity contribution in [3.63, 3.8) is 0 Å². The van der Waals surface area contributed by atoms with Crippen molar-refractivity contribution in [3.8, 4) is 0 Å². The number of hydrogen-bond acceptors (Lipinski definition) is 3. The molecule has 96 valence electrons. The van der Waals surface area contributed by atoms with E-state index in [2.05, 4.69) is 24.9 Å². The molecule has 0 atom stereocenters. The van der Waals surface area contributed by atoms with E-state index in [4.69, 9.17) is 4.74 Å². The summed E-state index contributed by atoms with van der Waals surface area (Å²) in [7, 11) is 0. The highest BCUT2D eigenvalue weighted by molar-refractivity contribution is 5.88. The van der Waals surface area contributed by atoms with Gasteiger partial charge >= 0.3 is 5.97 Å². The quantitative estimate of drug-likeness (QED) is 0.782. The van der Waals surface area contributed by atoms with E-state index in [0.717, 1.165) is 11.3 Å². The third kappa shape index (κ3) is 2.10. The number of nitrogens with zero attached hydrogens (tertiary/aromatic N) is 2. The van der Waals surface area contributed by atoms with Crippen molar-refractivity contribution in [2.24, 2.45) is 0 Å². The summed E-state index contributed by atoms with van der Waals surface area (Å²) in [5, 5.41) is 0. The summed E-state index contributed by atoms with van der Waals surface area (Å²) >= 11 is 0. The Morgan fingerprint density at radius 3 is 2.78 bits per heavy atom. The van der Waals surface area contributed by atoms with Gasteiger partial charge in [-0.05, 0) is 31.4 Å². The van der Waals surface area contributed by atoms with Crippen LogP contribution in [0.5, 0.6) is 0 Å². The Morgan fingerprint density at radius 1 is 1.44 bits per heavy atom. The number of fused-ring (bicyclic) bond motifs is 1. The SMILES string of the molecule is CCOC(=O)c1cn2c(C)c(C(C)C)ccc2n1. The Labute approximate surface area is 107 Å². The van der Waals surface area contributed by atoms with Gasteiger partial charge in [0.1, 0.15) is 5.65 Å². The third-order valence-corrected chi connectivity index (χ3v) is 3.03. The van der Waals surface area contributed by atoms with E-state index in [-0.39, 0.29) is 5.97 Å². The smallest absolute Gasteiger partial charge is 0.358 e. The van der Waals surface area contributed by atoms with E-state index in [1.54, 1.807) is 13.1 Å². The molecule has 0 aliphatic rings. The first-order chi connectivity index (χ1) is 8.54. The van der Waals surface area contributed by atoms with Crippen LogP contribution < -0.4 is 0 Å². The molecule has 0 radical (unpaired) electrons. The van der Waals surface area contributed by atoms with Gasteiger partial charge in [-0.3, -0.25) is 0 Å². The molecule has 0 aliphatic carbocycles. The second kappa shape index (κ2) is 4.80. The minimum atomic E-state index is -0.369. The lowest BCUT2D eigenvalue weighted by Crippen LogP contribution is -2.04. The topological polar surface area (TPSA) is 43.6 Å². The van der Waals surface area contributed by atoms with Gasteiger partial charge in [-0.25, -0.2) is 9.78 Å². The van der Waals surface area contributed by atoms with Gasteiger partial charge in [0.2, 0.25) is 0 Å². The zero-order valence-electron chi connectivity index (χ0n) is 11.2. The lowest BCUT2D eigenvalue weighted by molar-refractivity contribution is 0.0520. The average molecular weight is 246 g/mol. The van der Waals surface area contributed by atoms with E-state index in [1.807, 2.05) is 17.4 Å². The van der Waals surface area contributed by atoms with Gasteiger partial charge < -0.3 is 9.14 Å². The maximum Gasteiger partial charge on any atom is 0.358 e. The first kappa shape index (κ1) is 12.6. The molecule has 0 aliphatic heterocycles. The van der Waals surface area contributed by atoms with Crippen LogP contribution in [0.3, 0.4) is 0 Å². The molecule has 4 heteroatoms. The second-order valence-corrected chi connectivity index (χ2v) is 4.60. The van der Waals surface area contributed by atoms with E-state index in [0.29, 0.717) is 18.2 Å². The Hall–Kier alpha value is -1.84. The molecule has 0 N–H and O–H groups in total. The lowest BCUT2D eigenvalue weighted by Gasteiger charge is -2.10. The molecule has 0 unspecified atom stereocenters. The normalized spacial score (nSPS) is 11.2. The Morgan fingerprint density at radius 2 is 2.17 bits per heavy atom. The summed E-state index contributed by atoms with van der Waals surface area (Å²) in [4.78, 5) is 15.9. The summed E-state index contributed by atoms with van der Waals surface area (Å²) in [6, 6.07) is 4.00. The van der Waals surface area contributed by atoms with Crippen LogP contribution in [0.1, 0.15) is 48.4 Å². The maximum absolute atomic E-state index is 11.6. The first-order valence-corrected chi connectivity index (χ1v) is 6.20. The summed E-state index contributed by atoms with van der Waals surface area (Å²) in [6.07, 6.45) is 1.74. The molecular formula is C14H18N2O2. The van der Waals surface area contributed by atoms with Crippen molar-refractivity contribution in [3.05, 3.63) is 35.3 Å². The van der Waals surface area contributed by atoms with Gasteiger partial charge in [0.05, 0.1) is 6.61 Å². The predicted molar refractivity (Wildman–Crippen MR) is 70.0 cm³/mol. The monoisotopic (exact) mass is 246 g/mol. The average Bonchev–Trinajstić information content (AvgIpc) is 2.74. The van der Waals surface area contributed by atoms with Gasteiger partial charge in [-0.15, -0.1) is 0 Å². The minimum Gasteiger partial charge on any atom is -0.461 e. The Kier molecular flexibility index (Phi) is 3.36. The highest BCUT2D eigenvalue weighted by atomic mass is 16.5. The number of carbonyl (C=O) groups is 1. The van der Waals surface area contributed by atoms with Gasteiger partial charge in [0.25, 0.3) is 0 Å². The molecule has 2 aromatic heterocycles. The molecule has 18 heavy (non-hydrogen) atoms. The number of ether oxygens (including phenoxy) is 1. The predicted octanol–water partition coefficient (Wildman–Crippen LogP) is 2.94. The Balaban J connectivity index is 2.52. The minimum absolute atomic E-state index is 0.362. The fourth-order valence-electron chi connectivity index (χ4n) is 2.12. The molecule has 0 saturated carbocycles. The molecule has 4 nitrogen and oxygen atoms in total. The van der Waals surface area contributed by atoms with Crippen LogP contribution in [-0.4, -0.2) is 22.0 Å². The van der Waals surface area contributed by atoms with Gasteiger partial charge in [0, 0.05) is 11.9 Å². The molecule has 0 saturated heterocycles. The molecule has 0 aromatic carbocycles. The molecule has 0 amide bonds. The van der Waals surface area contributed by atoms with E-state index >= 15 is 0 Å². The third-order valence-electron chi connectivity index (χ3n) is 3.03. The van der Waals surface area contributed by atoms with Gasteiger partial charge in [-0.1, -0.05) is 19.9 Å². The summed E-state index contributed by atoms with van der Waals surface area (Å²) in [6.45, 7) is 8.49. The number of rotatable bonds is 3. The van der Waals surface area contributed by atoms with Crippen LogP contribution >= 0.6 is 0 Å². The molecule has 0 bridgehead atoms. The highest BCUT2D eigenvalue weighted by Gasteiger charge is 2.14. The van der Waals surface area contributed by atoms with Gasteiger partial charge in [-0.2, -0.15) is 0 Å². The Bertz CT molecular complexity index is 585.